The maximum atomic E-state index is 13.0. The third-order valence-corrected chi connectivity index (χ3v) is 8.36. The summed E-state index contributed by atoms with van der Waals surface area (Å²) in [6.07, 6.45) is 1.22. The van der Waals surface area contributed by atoms with Gasteiger partial charge in [0.05, 0.1) is 28.4 Å². The summed E-state index contributed by atoms with van der Waals surface area (Å²) in [7, 11) is -3.65. The minimum Gasteiger partial charge on any atom is -0.463 e. The molecule has 1 aromatic carbocycles. The Morgan fingerprint density at radius 3 is 2.47 bits per heavy atom. The fourth-order valence-electron chi connectivity index (χ4n) is 3.63. The van der Waals surface area contributed by atoms with Crippen molar-refractivity contribution in [1.82, 2.24) is 14.1 Å². The SMILES string of the molecule is CCOC(=O)/C=C1\SCC(=O)N1CC(=O)N1CCN(S(=O)(=O)c2ccc(C)cc2C)CC1. The summed E-state index contributed by atoms with van der Waals surface area (Å²) in [6, 6.07) is 5.22. The first-order chi connectivity index (χ1) is 15.1. The molecule has 2 aliphatic heterocycles. The van der Waals surface area contributed by atoms with Gasteiger partial charge in [0.25, 0.3) is 0 Å². The molecule has 2 amide bonds. The monoisotopic (exact) mass is 481 g/mol. The van der Waals surface area contributed by atoms with E-state index in [-0.39, 0.29) is 61.8 Å². The molecule has 1 aromatic rings. The topological polar surface area (TPSA) is 104 Å². The number of ether oxygens (including phenoxy) is 1. The minimum absolute atomic E-state index is 0.153. The number of rotatable bonds is 6. The zero-order valence-electron chi connectivity index (χ0n) is 18.4. The fraction of sp³-hybridized carbons (Fsp3) is 0.476. The van der Waals surface area contributed by atoms with Crippen LogP contribution >= 0.6 is 11.8 Å². The van der Waals surface area contributed by atoms with Crippen LogP contribution in [0.4, 0.5) is 0 Å². The van der Waals surface area contributed by atoms with Crippen molar-refractivity contribution in [3.05, 3.63) is 40.4 Å². The minimum atomic E-state index is -3.65. The third kappa shape index (κ3) is 5.33. The molecule has 0 bridgehead atoms. The van der Waals surface area contributed by atoms with Crippen LogP contribution in [0.2, 0.25) is 0 Å². The standard InChI is InChI=1S/C21H27N3O6S2/c1-4-30-21(27)12-20-24(19(26)14-31-20)13-18(25)22-7-9-23(10-8-22)32(28,29)17-6-5-15(2)11-16(17)3/h5-6,11-12H,4,7-10,13-14H2,1-3H3/b20-12-. The first-order valence-corrected chi connectivity index (χ1v) is 12.7. The number of sulfonamides is 1. The van der Waals surface area contributed by atoms with E-state index in [1.54, 1.807) is 30.9 Å². The van der Waals surface area contributed by atoms with Gasteiger partial charge >= 0.3 is 5.97 Å². The van der Waals surface area contributed by atoms with E-state index in [9.17, 15) is 22.8 Å². The molecule has 9 nitrogen and oxygen atoms in total. The number of hydrogen-bond acceptors (Lipinski definition) is 7. The number of aryl methyl sites for hydroxylation is 2. The van der Waals surface area contributed by atoms with Gasteiger partial charge in [-0.2, -0.15) is 4.31 Å². The summed E-state index contributed by atoms with van der Waals surface area (Å²) in [4.78, 5) is 39.8. The Kier molecular flexibility index (Phi) is 7.63. The number of benzene rings is 1. The van der Waals surface area contributed by atoms with Crippen LogP contribution in [0.25, 0.3) is 0 Å². The summed E-state index contributed by atoms with van der Waals surface area (Å²) < 4.78 is 32.3. The van der Waals surface area contributed by atoms with Crippen molar-refractivity contribution >= 4 is 39.6 Å². The number of thioether (sulfide) groups is 1. The van der Waals surface area contributed by atoms with E-state index in [1.165, 1.54) is 27.0 Å². The van der Waals surface area contributed by atoms with Gasteiger partial charge in [-0.1, -0.05) is 29.5 Å². The average molecular weight is 482 g/mol. The highest BCUT2D eigenvalue weighted by atomic mass is 32.2. The van der Waals surface area contributed by atoms with Crippen LogP contribution < -0.4 is 0 Å². The maximum Gasteiger partial charge on any atom is 0.333 e. The first kappa shape index (κ1) is 24.3. The molecule has 0 aliphatic carbocycles. The van der Waals surface area contributed by atoms with Gasteiger partial charge in [-0.05, 0) is 32.4 Å². The second kappa shape index (κ2) is 10.1. The summed E-state index contributed by atoms with van der Waals surface area (Å²) in [5.41, 5.74) is 1.68. The zero-order valence-corrected chi connectivity index (χ0v) is 20.0. The smallest absolute Gasteiger partial charge is 0.333 e. The van der Waals surface area contributed by atoms with Gasteiger partial charge in [0, 0.05) is 26.2 Å². The highest BCUT2D eigenvalue weighted by Gasteiger charge is 2.34. The van der Waals surface area contributed by atoms with E-state index in [2.05, 4.69) is 0 Å². The quantitative estimate of drug-likeness (QED) is 0.443. The van der Waals surface area contributed by atoms with Gasteiger partial charge in [0.15, 0.2) is 0 Å². The van der Waals surface area contributed by atoms with E-state index < -0.39 is 16.0 Å². The lowest BCUT2D eigenvalue weighted by Gasteiger charge is -2.35. The van der Waals surface area contributed by atoms with Crippen molar-refractivity contribution in [2.75, 3.05) is 45.1 Å². The number of carbonyl (C=O) groups is 3. The van der Waals surface area contributed by atoms with Crippen LogP contribution in [0.1, 0.15) is 18.1 Å². The van der Waals surface area contributed by atoms with Crippen molar-refractivity contribution < 1.29 is 27.5 Å². The molecule has 174 valence electrons. The van der Waals surface area contributed by atoms with Crippen molar-refractivity contribution in [2.45, 2.75) is 25.7 Å². The number of hydrogen-bond donors (Lipinski definition) is 0. The van der Waals surface area contributed by atoms with Gasteiger partial charge in [-0.25, -0.2) is 13.2 Å². The van der Waals surface area contributed by atoms with Gasteiger partial charge < -0.3 is 9.64 Å². The zero-order chi connectivity index (χ0) is 23.5. The molecule has 0 N–H and O–H groups in total. The molecule has 0 saturated carbocycles. The van der Waals surface area contributed by atoms with Crippen LogP contribution in [0.3, 0.4) is 0 Å². The van der Waals surface area contributed by atoms with Crippen molar-refractivity contribution in [1.29, 1.82) is 0 Å². The van der Waals surface area contributed by atoms with Gasteiger partial charge in [-0.3, -0.25) is 14.5 Å². The molecule has 3 rings (SSSR count). The summed E-state index contributed by atoms with van der Waals surface area (Å²) >= 11 is 1.18. The molecule has 0 unspecified atom stereocenters. The first-order valence-electron chi connectivity index (χ1n) is 10.3. The van der Waals surface area contributed by atoms with Crippen molar-refractivity contribution in [3.63, 3.8) is 0 Å². The molecule has 0 atom stereocenters. The molecule has 2 heterocycles. The fourth-order valence-corrected chi connectivity index (χ4v) is 6.18. The van der Waals surface area contributed by atoms with E-state index in [1.807, 2.05) is 13.0 Å². The molecule has 32 heavy (non-hydrogen) atoms. The van der Waals surface area contributed by atoms with Crippen molar-refractivity contribution in [2.24, 2.45) is 0 Å². The van der Waals surface area contributed by atoms with Crippen LogP contribution in [0.15, 0.2) is 34.2 Å². The molecule has 2 saturated heterocycles. The second-order valence-corrected chi connectivity index (χ2v) is 10.5. The Morgan fingerprint density at radius 1 is 1.16 bits per heavy atom. The Labute approximate surface area is 192 Å². The Balaban J connectivity index is 1.63. The van der Waals surface area contributed by atoms with Gasteiger partial charge in [0.1, 0.15) is 6.54 Å². The number of carbonyl (C=O) groups excluding carboxylic acids is 3. The highest BCUT2D eigenvalue weighted by molar-refractivity contribution is 8.04. The van der Waals surface area contributed by atoms with E-state index in [4.69, 9.17) is 4.74 Å². The molecule has 0 spiro atoms. The van der Waals surface area contributed by atoms with E-state index in [0.717, 1.165) is 5.56 Å². The number of nitrogens with zero attached hydrogens (tertiary/aromatic N) is 3. The lowest BCUT2D eigenvalue weighted by Crippen LogP contribution is -2.52. The number of piperazine rings is 1. The maximum absolute atomic E-state index is 13.0. The summed E-state index contributed by atoms with van der Waals surface area (Å²) in [5, 5.41) is 0.387. The number of esters is 1. The molecular weight excluding hydrogens is 454 g/mol. The Hall–Kier alpha value is -2.37. The molecule has 2 fully saturated rings. The van der Waals surface area contributed by atoms with Gasteiger partial charge in [0.2, 0.25) is 21.8 Å². The Bertz CT molecular complexity index is 1050. The molecule has 0 aromatic heterocycles. The normalized spacial score (nSPS) is 19.0. The van der Waals surface area contributed by atoms with E-state index in [0.29, 0.717) is 10.6 Å². The molecular formula is C21H27N3O6S2. The third-order valence-electron chi connectivity index (χ3n) is 5.27. The van der Waals surface area contributed by atoms with E-state index >= 15 is 0 Å². The molecule has 11 heteroatoms. The second-order valence-electron chi connectivity index (χ2n) is 7.56. The Morgan fingerprint density at radius 2 is 1.84 bits per heavy atom. The van der Waals surface area contributed by atoms with Crippen LogP contribution in [-0.2, 0) is 29.1 Å². The lowest BCUT2D eigenvalue weighted by molar-refractivity contribution is -0.139. The lowest BCUT2D eigenvalue weighted by atomic mass is 10.2. The average Bonchev–Trinajstić information content (AvgIpc) is 3.07. The predicted molar refractivity (Wildman–Crippen MR) is 120 cm³/mol. The van der Waals surface area contributed by atoms with Gasteiger partial charge in [-0.15, -0.1) is 0 Å². The predicted octanol–water partition coefficient (Wildman–Crippen LogP) is 1.12. The van der Waals surface area contributed by atoms with Crippen molar-refractivity contribution in [3.8, 4) is 0 Å². The van der Waals surface area contributed by atoms with Crippen LogP contribution in [-0.4, -0.2) is 85.4 Å². The summed E-state index contributed by atoms with van der Waals surface area (Å²) in [5.74, 6) is -0.957. The van der Waals surface area contributed by atoms with Crippen LogP contribution in [0.5, 0.6) is 0 Å². The largest absolute Gasteiger partial charge is 0.463 e. The summed E-state index contributed by atoms with van der Waals surface area (Å²) in [6.45, 7) is 6.20. The number of amides is 2. The van der Waals surface area contributed by atoms with Crippen LogP contribution in [0, 0.1) is 13.8 Å². The highest BCUT2D eigenvalue weighted by Crippen LogP contribution is 2.29. The molecule has 2 aliphatic rings. The molecule has 0 radical (unpaired) electrons.